The van der Waals surface area contributed by atoms with E-state index >= 15 is 0 Å². The molecule has 0 atom stereocenters. The van der Waals surface area contributed by atoms with Crippen molar-refractivity contribution in [3.63, 3.8) is 0 Å². The van der Waals surface area contributed by atoms with Crippen molar-refractivity contribution in [2.75, 3.05) is 11.9 Å². The summed E-state index contributed by atoms with van der Waals surface area (Å²) < 4.78 is 0. The van der Waals surface area contributed by atoms with Gasteiger partial charge in [-0.1, -0.05) is 13.8 Å². The Labute approximate surface area is 124 Å². The number of hydrogen-bond acceptors (Lipinski definition) is 4. The molecule has 0 fully saturated rings. The zero-order chi connectivity index (χ0) is 14.1. The number of nitrogens with one attached hydrogen (secondary N) is 1. The van der Waals surface area contributed by atoms with Gasteiger partial charge in [-0.05, 0) is 44.1 Å². The number of rotatable bonds is 5. The summed E-state index contributed by atoms with van der Waals surface area (Å²) in [6.07, 6.45) is 5.85. The fourth-order valence-corrected chi connectivity index (χ4v) is 4.15. The Balaban J connectivity index is 2.03. The summed E-state index contributed by atoms with van der Waals surface area (Å²) in [4.78, 5) is 12.3. The maximum absolute atomic E-state index is 4.82. The third-order valence-corrected chi connectivity index (χ3v) is 5.09. The van der Waals surface area contributed by atoms with Crippen LogP contribution >= 0.6 is 11.3 Å². The highest BCUT2D eigenvalue weighted by atomic mass is 32.1. The Morgan fingerprint density at radius 3 is 2.85 bits per heavy atom. The first kappa shape index (κ1) is 13.8. The highest BCUT2D eigenvalue weighted by molar-refractivity contribution is 7.19. The molecule has 108 valence electrons. The zero-order valence-corrected chi connectivity index (χ0v) is 13.4. The third-order valence-electron chi connectivity index (χ3n) is 3.90. The Morgan fingerprint density at radius 1 is 1.25 bits per heavy atom. The maximum atomic E-state index is 4.82. The van der Waals surface area contributed by atoms with E-state index in [2.05, 4.69) is 26.1 Å². The van der Waals surface area contributed by atoms with Gasteiger partial charge in [-0.3, -0.25) is 0 Å². The van der Waals surface area contributed by atoms with Crippen LogP contribution < -0.4 is 5.32 Å². The number of hydrogen-bond donors (Lipinski definition) is 1. The van der Waals surface area contributed by atoms with Gasteiger partial charge in [0.15, 0.2) is 0 Å². The van der Waals surface area contributed by atoms with Crippen LogP contribution in [-0.2, 0) is 19.3 Å². The average Bonchev–Trinajstić information content (AvgIpc) is 2.96. The van der Waals surface area contributed by atoms with Crippen molar-refractivity contribution in [3.8, 4) is 0 Å². The quantitative estimate of drug-likeness (QED) is 0.896. The molecule has 3 rings (SSSR count). The van der Waals surface area contributed by atoms with Gasteiger partial charge in [0.05, 0.1) is 5.39 Å². The second-order valence-electron chi connectivity index (χ2n) is 5.99. The average molecular weight is 289 g/mol. The summed E-state index contributed by atoms with van der Waals surface area (Å²) in [5, 5.41) is 4.75. The normalized spacial score (nSPS) is 14.2. The van der Waals surface area contributed by atoms with E-state index in [1.54, 1.807) is 0 Å². The predicted molar refractivity (Wildman–Crippen MR) is 86.8 cm³/mol. The molecule has 0 saturated carbocycles. The van der Waals surface area contributed by atoms with E-state index in [1.807, 2.05) is 11.3 Å². The molecule has 1 aliphatic rings. The predicted octanol–water partition coefficient (Wildman–Crippen LogP) is 4.20. The summed E-state index contributed by atoms with van der Waals surface area (Å²) in [6, 6.07) is 0. The van der Waals surface area contributed by atoms with E-state index in [-0.39, 0.29) is 0 Å². The Hall–Kier alpha value is -1.16. The van der Waals surface area contributed by atoms with Crippen LogP contribution in [0.2, 0.25) is 0 Å². The topological polar surface area (TPSA) is 37.8 Å². The largest absolute Gasteiger partial charge is 0.370 e. The van der Waals surface area contributed by atoms with Crippen LogP contribution in [0.5, 0.6) is 0 Å². The van der Waals surface area contributed by atoms with Crippen LogP contribution in [0.25, 0.3) is 10.2 Å². The molecule has 0 saturated heterocycles. The zero-order valence-electron chi connectivity index (χ0n) is 12.6. The molecule has 3 nitrogen and oxygen atoms in total. The van der Waals surface area contributed by atoms with Crippen molar-refractivity contribution < 1.29 is 0 Å². The van der Waals surface area contributed by atoms with Gasteiger partial charge in [0.1, 0.15) is 16.5 Å². The van der Waals surface area contributed by atoms with Gasteiger partial charge in [0, 0.05) is 17.8 Å². The van der Waals surface area contributed by atoms with E-state index in [4.69, 9.17) is 9.97 Å². The van der Waals surface area contributed by atoms with Gasteiger partial charge in [-0.25, -0.2) is 9.97 Å². The molecule has 2 heterocycles. The number of aryl methyl sites for hydroxylation is 3. The van der Waals surface area contributed by atoms with Gasteiger partial charge < -0.3 is 5.32 Å². The molecule has 0 spiro atoms. The lowest BCUT2D eigenvalue weighted by Gasteiger charge is -2.09. The number of aromatic nitrogens is 2. The lowest BCUT2D eigenvalue weighted by Crippen LogP contribution is -2.05. The van der Waals surface area contributed by atoms with E-state index < -0.39 is 0 Å². The van der Waals surface area contributed by atoms with Crippen LogP contribution in [-0.4, -0.2) is 16.5 Å². The highest BCUT2D eigenvalue weighted by Gasteiger charge is 2.22. The van der Waals surface area contributed by atoms with Crippen molar-refractivity contribution in [2.45, 2.75) is 52.9 Å². The summed E-state index contributed by atoms with van der Waals surface area (Å²) in [6.45, 7) is 7.56. The van der Waals surface area contributed by atoms with Crippen molar-refractivity contribution >= 4 is 27.4 Å². The molecule has 4 heteroatoms. The first-order chi connectivity index (χ1) is 9.69. The Kier molecular flexibility index (Phi) is 3.92. The minimum atomic E-state index is 0.699. The number of thiophene rings is 1. The minimum absolute atomic E-state index is 0.699. The molecule has 0 aromatic carbocycles. The van der Waals surface area contributed by atoms with Gasteiger partial charge >= 0.3 is 0 Å². The van der Waals surface area contributed by atoms with Crippen LogP contribution in [0.3, 0.4) is 0 Å². The summed E-state index contributed by atoms with van der Waals surface area (Å²) in [5.41, 5.74) is 1.51. The fraction of sp³-hybridized carbons (Fsp3) is 0.625. The Bertz CT molecular complexity index is 616. The molecule has 1 N–H and O–H groups in total. The monoisotopic (exact) mass is 289 g/mol. The number of nitrogens with zero attached hydrogens (tertiary/aromatic N) is 2. The molecule has 20 heavy (non-hydrogen) atoms. The molecular formula is C16H23N3S. The third kappa shape index (κ3) is 2.53. The lowest BCUT2D eigenvalue weighted by atomic mass is 10.1. The number of fused-ring (bicyclic) bond motifs is 3. The molecule has 0 aliphatic heterocycles. The van der Waals surface area contributed by atoms with Crippen molar-refractivity contribution in [3.05, 3.63) is 16.3 Å². The van der Waals surface area contributed by atoms with Crippen LogP contribution in [0.4, 0.5) is 5.82 Å². The molecule has 0 amide bonds. The molecule has 2 aromatic heterocycles. The SMILES string of the molecule is CCNc1nc(CCC(C)C)nc2sc3c(c12)CCC3. The highest BCUT2D eigenvalue weighted by Crippen LogP contribution is 2.39. The molecule has 1 aliphatic carbocycles. The smallest absolute Gasteiger partial charge is 0.138 e. The molecule has 0 unspecified atom stereocenters. The second-order valence-corrected chi connectivity index (χ2v) is 7.07. The molecule has 2 aromatic rings. The van der Waals surface area contributed by atoms with E-state index in [0.29, 0.717) is 5.92 Å². The fourth-order valence-electron chi connectivity index (χ4n) is 2.86. The van der Waals surface area contributed by atoms with Gasteiger partial charge in [0.2, 0.25) is 0 Å². The van der Waals surface area contributed by atoms with Crippen molar-refractivity contribution in [1.29, 1.82) is 0 Å². The van der Waals surface area contributed by atoms with Crippen LogP contribution in [0, 0.1) is 5.92 Å². The minimum Gasteiger partial charge on any atom is -0.370 e. The van der Waals surface area contributed by atoms with E-state index in [9.17, 15) is 0 Å². The molecule has 0 radical (unpaired) electrons. The van der Waals surface area contributed by atoms with Gasteiger partial charge in [-0.2, -0.15) is 0 Å². The van der Waals surface area contributed by atoms with Crippen molar-refractivity contribution in [1.82, 2.24) is 9.97 Å². The summed E-state index contributed by atoms with van der Waals surface area (Å²) >= 11 is 1.88. The number of anilines is 1. The summed E-state index contributed by atoms with van der Waals surface area (Å²) in [7, 11) is 0. The molecule has 0 bridgehead atoms. The first-order valence-electron chi connectivity index (χ1n) is 7.74. The van der Waals surface area contributed by atoms with E-state index in [1.165, 1.54) is 39.9 Å². The van der Waals surface area contributed by atoms with Crippen molar-refractivity contribution in [2.24, 2.45) is 5.92 Å². The lowest BCUT2D eigenvalue weighted by molar-refractivity contribution is 0.576. The second kappa shape index (κ2) is 5.68. The van der Waals surface area contributed by atoms with E-state index in [0.717, 1.165) is 31.0 Å². The molecular weight excluding hydrogens is 266 g/mol. The van der Waals surface area contributed by atoms with Crippen LogP contribution in [0.1, 0.15) is 49.9 Å². The maximum Gasteiger partial charge on any atom is 0.138 e. The standard InChI is InChI=1S/C16H23N3S/c1-4-17-15-14-11-6-5-7-12(11)20-16(14)19-13(18-15)9-8-10(2)3/h10H,4-9H2,1-3H3,(H,17,18,19). The Morgan fingerprint density at radius 2 is 2.10 bits per heavy atom. The van der Waals surface area contributed by atoms with Gasteiger partial charge in [0.25, 0.3) is 0 Å². The van der Waals surface area contributed by atoms with Crippen LogP contribution in [0.15, 0.2) is 0 Å². The first-order valence-corrected chi connectivity index (χ1v) is 8.55. The summed E-state index contributed by atoms with van der Waals surface area (Å²) in [5.74, 6) is 2.77. The van der Waals surface area contributed by atoms with Gasteiger partial charge in [-0.15, -0.1) is 11.3 Å².